The van der Waals surface area contributed by atoms with E-state index < -0.39 is 21.3 Å². The molecule has 1 heterocycles. The van der Waals surface area contributed by atoms with Crippen molar-refractivity contribution in [2.24, 2.45) is 4.99 Å². The first-order valence-corrected chi connectivity index (χ1v) is 8.20. The molecule has 0 radical (unpaired) electrons. The zero-order valence-electron chi connectivity index (χ0n) is 11.6. The zero-order valence-corrected chi connectivity index (χ0v) is 12.4. The summed E-state index contributed by atoms with van der Waals surface area (Å²) in [5.74, 6) is -0.0258. The van der Waals surface area contributed by atoms with Crippen LogP contribution in [-0.2, 0) is 14.6 Å². The summed E-state index contributed by atoms with van der Waals surface area (Å²) in [5, 5.41) is -0.803. The predicted octanol–water partition coefficient (Wildman–Crippen LogP) is 2.20. The molecule has 2 rings (SSSR count). The number of hydrogen-bond donors (Lipinski definition) is 0. The van der Waals surface area contributed by atoms with Crippen LogP contribution in [0.2, 0.25) is 0 Å². The maximum Gasteiger partial charge on any atom is 0.191 e. The van der Waals surface area contributed by atoms with Gasteiger partial charge in [-0.15, -0.1) is 0 Å². The minimum absolute atomic E-state index is 0.0258. The fourth-order valence-electron chi connectivity index (χ4n) is 2.48. The quantitative estimate of drug-likeness (QED) is 0.853. The maximum atomic E-state index is 11.7. The lowest BCUT2D eigenvalue weighted by Gasteiger charge is -2.24. The number of aryl methyl sites for hydroxylation is 1. The standard InChI is InChI=1S/C14H19NO3S/c1-9-6-5-7-12(10(9)2)11(3)13-14(15-8-18-13)19(4,16)17/h5-8,11,13-14H,1-4H3. The van der Waals surface area contributed by atoms with Crippen molar-refractivity contribution >= 4 is 16.2 Å². The van der Waals surface area contributed by atoms with E-state index in [0.717, 1.165) is 5.56 Å². The van der Waals surface area contributed by atoms with Crippen LogP contribution in [0.1, 0.15) is 29.5 Å². The number of sulfone groups is 1. The summed E-state index contributed by atoms with van der Waals surface area (Å²) in [6, 6.07) is 6.05. The van der Waals surface area contributed by atoms with Crippen molar-refractivity contribution < 1.29 is 13.2 Å². The Hall–Kier alpha value is -1.36. The second kappa shape index (κ2) is 4.96. The van der Waals surface area contributed by atoms with E-state index in [-0.39, 0.29) is 5.92 Å². The summed E-state index contributed by atoms with van der Waals surface area (Å²) < 4.78 is 28.9. The fraction of sp³-hybridized carbons (Fsp3) is 0.500. The van der Waals surface area contributed by atoms with Crippen LogP contribution in [0, 0.1) is 13.8 Å². The molecule has 19 heavy (non-hydrogen) atoms. The molecule has 1 aliphatic heterocycles. The van der Waals surface area contributed by atoms with Gasteiger partial charge >= 0.3 is 0 Å². The van der Waals surface area contributed by atoms with E-state index >= 15 is 0 Å². The number of benzene rings is 1. The van der Waals surface area contributed by atoms with Gasteiger partial charge in [0.15, 0.2) is 21.6 Å². The van der Waals surface area contributed by atoms with E-state index in [2.05, 4.69) is 4.99 Å². The highest BCUT2D eigenvalue weighted by molar-refractivity contribution is 7.91. The molecule has 4 nitrogen and oxygen atoms in total. The first kappa shape index (κ1) is 14.1. The third-order valence-electron chi connectivity index (χ3n) is 3.78. The van der Waals surface area contributed by atoms with Gasteiger partial charge in [0.1, 0.15) is 6.10 Å². The van der Waals surface area contributed by atoms with Crippen LogP contribution in [0.25, 0.3) is 0 Å². The number of rotatable bonds is 3. The molecule has 0 amide bonds. The van der Waals surface area contributed by atoms with E-state index in [1.807, 2.05) is 39.0 Å². The molecule has 0 bridgehead atoms. The van der Waals surface area contributed by atoms with Gasteiger partial charge in [-0.25, -0.2) is 13.4 Å². The first-order valence-electron chi connectivity index (χ1n) is 6.24. The van der Waals surface area contributed by atoms with Crippen LogP contribution in [-0.4, -0.2) is 32.6 Å². The van der Waals surface area contributed by atoms with Crippen LogP contribution in [0.4, 0.5) is 0 Å². The Bertz CT molecular complexity index is 607. The van der Waals surface area contributed by atoms with E-state index in [4.69, 9.17) is 4.74 Å². The van der Waals surface area contributed by atoms with Gasteiger partial charge < -0.3 is 4.74 Å². The van der Waals surface area contributed by atoms with Gasteiger partial charge in [0.25, 0.3) is 0 Å². The van der Waals surface area contributed by atoms with E-state index in [1.54, 1.807) is 0 Å². The topological polar surface area (TPSA) is 55.7 Å². The van der Waals surface area contributed by atoms with Crippen molar-refractivity contribution in [1.29, 1.82) is 0 Å². The van der Waals surface area contributed by atoms with Crippen molar-refractivity contribution in [2.45, 2.75) is 38.2 Å². The smallest absolute Gasteiger partial charge is 0.191 e. The molecule has 1 aromatic carbocycles. The van der Waals surface area contributed by atoms with Gasteiger partial charge in [-0.3, -0.25) is 0 Å². The molecule has 0 saturated heterocycles. The molecular formula is C14H19NO3S. The SMILES string of the molecule is Cc1cccc(C(C)C2OC=NC2S(C)(=O)=O)c1C. The van der Waals surface area contributed by atoms with Crippen LogP contribution in [0.3, 0.4) is 0 Å². The summed E-state index contributed by atoms with van der Waals surface area (Å²) in [6.07, 6.45) is 2.01. The Kier molecular flexibility index (Phi) is 3.67. The Morgan fingerprint density at radius 1 is 1.32 bits per heavy atom. The van der Waals surface area contributed by atoms with E-state index in [1.165, 1.54) is 23.8 Å². The Labute approximate surface area is 114 Å². The summed E-state index contributed by atoms with van der Waals surface area (Å²) in [4.78, 5) is 3.95. The zero-order chi connectivity index (χ0) is 14.2. The minimum Gasteiger partial charge on any atom is -0.476 e. The molecule has 1 aromatic rings. The third kappa shape index (κ3) is 2.66. The van der Waals surface area contributed by atoms with Gasteiger partial charge in [-0.1, -0.05) is 25.1 Å². The summed E-state index contributed by atoms with van der Waals surface area (Å²) >= 11 is 0. The highest BCUT2D eigenvalue weighted by Gasteiger charge is 2.39. The van der Waals surface area contributed by atoms with E-state index in [0.29, 0.717) is 0 Å². The Morgan fingerprint density at radius 2 is 2.00 bits per heavy atom. The molecular weight excluding hydrogens is 262 g/mol. The molecule has 5 heteroatoms. The average Bonchev–Trinajstić information content (AvgIpc) is 2.80. The highest BCUT2D eigenvalue weighted by Crippen LogP contribution is 2.32. The molecule has 104 valence electrons. The predicted molar refractivity (Wildman–Crippen MR) is 76.3 cm³/mol. The van der Waals surface area contributed by atoms with Crippen molar-refractivity contribution in [1.82, 2.24) is 0 Å². The molecule has 0 N–H and O–H groups in total. The molecule has 3 unspecified atom stereocenters. The molecule has 1 aliphatic rings. The third-order valence-corrected chi connectivity index (χ3v) is 5.04. The molecule has 0 aromatic heterocycles. The van der Waals surface area contributed by atoms with E-state index in [9.17, 15) is 8.42 Å². The largest absolute Gasteiger partial charge is 0.476 e. The lowest BCUT2D eigenvalue weighted by atomic mass is 9.89. The van der Waals surface area contributed by atoms with Crippen molar-refractivity contribution in [2.75, 3.05) is 6.26 Å². The van der Waals surface area contributed by atoms with Crippen LogP contribution in [0.15, 0.2) is 23.2 Å². The minimum atomic E-state index is -3.25. The Balaban J connectivity index is 2.35. The molecule has 3 atom stereocenters. The van der Waals surface area contributed by atoms with Crippen molar-refractivity contribution in [3.8, 4) is 0 Å². The van der Waals surface area contributed by atoms with Crippen molar-refractivity contribution in [3.63, 3.8) is 0 Å². The highest BCUT2D eigenvalue weighted by atomic mass is 32.2. The summed E-state index contributed by atoms with van der Waals surface area (Å²) in [7, 11) is -3.25. The monoisotopic (exact) mass is 281 g/mol. The average molecular weight is 281 g/mol. The number of nitrogens with zero attached hydrogens (tertiary/aromatic N) is 1. The lowest BCUT2D eigenvalue weighted by molar-refractivity contribution is 0.194. The van der Waals surface area contributed by atoms with Crippen LogP contribution in [0.5, 0.6) is 0 Å². The molecule has 0 spiro atoms. The molecule has 0 fully saturated rings. The van der Waals surface area contributed by atoms with Crippen LogP contribution < -0.4 is 0 Å². The lowest BCUT2D eigenvalue weighted by Crippen LogP contribution is -2.34. The first-order chi connectivity index (χ1) is 8.82. The van der Waals surface area contributed by atoms with Gasteiger partial charge in [-0.2, -0.15) is 0 Å². The normalized spacial score (nSPS) is 24.2. The fourth-order valence-corrected chi connectivity index (χ4v) is 3.54. The number of aliphatic imine (C=N–C) groups is 1. The second-order valence-electron chi connectivity index (χ2n) is 5.15. The summed E-state index contributed by atoms with van der Waals surface area (Å²) in [6.45, 7) is 6.08. The molecule has 0 aliphatic carbocycles. The maximum absolute atomic E-state index is 11.7. The number of ether oxygens (including phenoxy) is 1. The number of hydrogen-bond acceptors (Lipinski definition) is 4. The second-order valence-corrected chi connectivity index (χ2v) is 7.30. The Morgan fingerprint density at radius 3 is 2.63 bits per heavy atom. The van der Waals surface area contributed by atoms with Gasteiger partial charge in [0.05, 0.1) is 0 Å². The van der Waals surface area contributed by atoms with Crippen molar-refractivity contribution in [3.05, 3.63) is 34.9 Å². The van der Waals surface area contributed by atoms with Gasteiger partial charge in [0, 0.05) is 12.2 Å². The van der Waals surface area contributed by atoms with Gasteiger partial charge in [0.2, 0.25) is 0 Å². The molecule has 0 saturated carbocycles. The van der Waals surface area contributed by atoms with Gasteiger partial charge in [-0.05, 0) is 30.5 Å². The summed E-state index contributed by atoms with van der Waals surface area (Å²) in [5.41, 5.74) is 3.49. The van der Waals surface area contributed by atoms with Crippen LogP contribution >= 0.6 is 0 Å².